The average molecular weight is 522 g/mol. The van der Waals surface area contributed by atoms with Crippen molar-refractivity contribution >= 4 is 24.9 Å². The van der Waals surface area contributed by atoms with Gasteiger partial charge in [0.05, 0.1) is 24.3 Å². The molecule has 6 atom stereocenters. The summed E-state index contributed by atoms with van der Waals surface area (Å²) in [5.74, 6) is 1.01. The van der Waals surface area contributed by atoms with E-state index < -0.39 is 13.2 Å². The maximum Gasteiger partial charge on any atom is 0.481 e. The Bertz CT molecular complexity index is 840. The molecule has 2 bridgehead atoms. The van der Waals surface area contributed by atoms with Gasteiger partial charge in [-0.05, 0) is 62.2 Å². The molecule has 0 unspecified atom stereocenters. The maximum absolute atomic E-state index is 13.5. The van der Waals surface area contributed by atoms with Crippen LogP contribution in [-0.4, -0.2) is 75.9 Å². The van der Waals surface area contributed by atoms with Gasteiger partial charge in [0.1, 0.15) is 6.04 Å². The zero-order chi connectivity index (χ0) is 27.4. The van der Waals surface area contributed by atoms with Gasteiger partial charge in [0, 0.05) is 27.1 Å². The van der Waals surface area contributed by atoms with Gasteiger partial charge in [-0.3, -0.25) is 14.6 Å². The molecule has 4 fully saturated rings. The van der Waals surface area contributed by atoms with E-state index in [9.17, 15) is 9.59 Å². The Balaban J connectivity index is 1.68. The lowest BCUT2D eigenvalue weighted by Crippen LogP contribution is -2.65. The fourth-order valence-electron chi connectivity index (χ4n) is 6.43. The van der Waals surface area contributed by atoms with E-state index in [4.69, 9.17) is 19.8 Å². The van der Waals surface area contributed by atoms with Gasteiger partial charge in [-0.15, -0.1) is 0 Å². The number of methoxy groups -OCH3 is 1. The SMILES string of the molecule is CN=C(N)NCCC[C@H](NC(=O)CCOC)C(=O)N[C@@H](CC(C)C)B1O[C@@H]2C[C@@H]3C[C@@H](C3(C)C)[C@]2(C)O1. The largest absolute Gasteiger partial charge is 0.481 e. The molecule has 1 saturated heterocycles. The molecule has 4 rings (SSSR count). The third kappa shape index (κ3) is 6.78. The van der Waals surface area contributed by atoms with Crippen LogP contribution in [0.15, 0.2) is 4.99 Å². The molecule has 2 amide bonds. The van der Waals surface area contributed by atoms with E-state index in [1.807, 2.05) is 0 Å². The van der Waals surface area contributed by atoms with Crippen LogP contribution >= 0.6 is 0 Å². The Labute approximate surface area is 222 Å². The molecule has 0 aromatic rings. The highest BCUT2D eigenvalue weighted by Gasteiger charge is 2.68. The number of carbonyl (C=O) groups is 2. The van der Waals surface area contributed by atoms with Crippen LogP contribution in [0.3, 0.4) is 0 Å². The molecule has 1 aliphatic heterocycles. The summed E-state index contributed by atoms with van der Waals surface area (Å²) in [5, 5.41) is 9.06. The molecular formula is C26H48BN5O5. The summed E-state index contributed by atoms with van der Waals surface area (Å²) < 4.78 is 18.2. The number of nitrogens with two attached hydrogens (primary N) is 1. The summed E-state index contributed by atoms with van der Waals surface area (Å²) in [6, 6.07) is -0.688. The minimum Gasteiger partial charge on any atom is -0.404 e. The van der Waals surface area contributed by atoms with Crippen molar-refractivity contribution in [3.8, 4) is 0 Å². The van der Waals surface area contributed by atoms with Crippen molar-refractivity contribution in [2.45, 2.75) is 96.8 Å². The lowest BCUT2D eigenvalue weighted by Gasteiger charge is -2.64. The van der Waals surface area contributed by atoms with Gasteiger partial charge >= 0.3 is 7.12 Å². The Morgan fingerprint density at radius 3 is 2.57 bits per heavy atom. The third-order valence-electron chi connectivity index (χ3n) is 8.75. The molecule has 0 spiro atoms. The van der Waals surface area contributed by atoms with Crippen molar-refractivity contribution in [3.05, 3.63) is 0 Å². The standard InChI is InChI=1S/C26H48BN5O5/c1-16(2)13-21(27-36-20-15-17-14-19(25(17,3)4)26(20,5)37-27)32-23(34)18(31-22(33)10-12-35-7)9-8-11-30-24(28)29-6/h16-21H,8-15H2,1-7H3,(H,31,33)(H,32,34)(H3,28,29,30)/t17-,18-,19-,20+,21-,26-/m0/s1. The first-order valence-corrected chi connectivity index (χ1v) is 13.8. The highest BCUT2D eigenvalue weighted by atomic mass is 16.7. The predicted octanol–water partition coefficient (Wildman–Crippen LogP) is 1.62. The quantitative estimate of drug-likeness (QED) is 0.125. The number of rotatable bonds is 13. The summed E-state index contributed by atoms with van der Waals surface area (Å²) in [6.45, 7) is 11.9. The number of nitrogens with zero attached hydrogens (tertiary/aromatic N) is 1. The molecule has 0 radical (unpaired) electrons. The van der Waals surface area contributed by atoms with Crippen LogP contribution in [0, 0.1) is 23.2 Å². The van der Waals surface area contributed by atoms with Gasteiger partial charge in [-0.1, -0.05) is 27.7 Å². The topological polar surface area (TPSA) is 136 Å². The Morgan fingerprint density at radius 2 is 1.95 bits per heavy atom. The average Bonchev–Trinajstić information content (AvgIpc) is 3.20. The number of hydrogen-bond acceptors (Lipinski definition) is 6. The summed E-state index contributed by atoms with van der Waals surface area (Å²) in [5.41, 5.74) is 5.61. The van der Waals surface area contributed by atoms with Crippen LogP contribution in [0.1, 0.15) is 73.1 Å². The number of nitrogens with one attached hydrogen (secondary N) is 3. The molecule has 3 aliphatic carbocycles. The van der Waals surface area contributed by atoms with E-state index in [0.717, 1.165) is 6.42 Å². The van der Waals surface area contributed by atoms with E-state index in [0.29, 0.717) is 56.1 Å². The van der Waals surface area contributed by atoms with Gasteiger partial charge in [0.25, 0.3) is 0 Å². The van der Waals surface area contributed by atoms with Crippen LogP contribution < -0.4 is 21.7 Å². The molecule has 210 valence electrons. The summed E-state index contributed by atoms with van der Waals surface area (Å²) in [7, 11) is 2.64. The van der Waals surface area contributed by atoms with Crippen LogP contribution in [0.5, 0.6) is 0 Å². The molecule has 1 heterocycles. The van der Waals surface area contributed by atoms with Crippen molar-refractivity contribution in [2.24, 2.45) is 33.9 Å². The number of ether oxygens (including phenoxy) is 1. The van der Waals surface area contributed by atoms with Gasteiger partial charge in [0.2, 0.25) is 11.8 Å². The fraction of sp³-hybridized carbons (Fsp3) is 0.885. The van der Waals surface area contributed by atoms with Crippen LogP contribution in [0.25, 0.3) is 0 Å². The monoisotopic (exact) mass is 521 g/mol. The lowest BCUT2D eigenvalue weighted by molar-refractivity contribution is -0.199. The molecule has 37 heavy (non-hydrogen) atoms. The normalized spacial score (nSPS) is 29.8. The van der Waals surface area contributed by atoms with Gasteiger partial charge < -0.3 is 35.7 Å². The third-order valence-corrected chi connectivity index (χ3v) is 8.75. The molecule has 3 saturated carbocycles. The molecule has 5 N–H and O–H groups in total. The van der Waals surface area contributed by atoms with Gasteiger partial charge in [-0.25, -0.2) is 0 Å². The van der Waals surface area contributed by atoms with Crippen molar-refractivity contribution in [2.75, 3.05) is 27.3 Å². The summed E-state index contributed by atoms with van der Waals surface area (Å²) in [6.07, 6.45) is 4.20. The predicted molar refractivity (Wildman–Crippen MR) is 145 cm³/mol. The number of carbonyl (C=O) groups excluding carboxylic acids is 2. The summed E-state index contributed by atoms with van der Waals surface area (Å²) in [4.78, 5) is 29.9. The minimum atomic E-state index is -0.688. The van der Waals surface area contributed by atoms with Crippen LogP contribution in [0.2, 0.25) is 0 Å². The Kier molecular flexibility index (Phi) is 9.91. The number of aliphatic imine (C=N–C) groups is 1. The zero-order valence-electron chi connectivity index (χ0n) is 23.8. The zero-order valence-corrected chi connectivity index (χ0v) is 23.8. The molecule has 0 aromatic heterocycles. The number of hydrogen-bond donors (Lipinski definition) is 4. The van der Waals surface area contributed by atoms with Gasteiger partial charge in [0.15, 0.2) is 5.96 Å². The van der Waals surface area contributed by atoms with Crippen molar-refractivity contribution in [3.63, 3.8) is 0 Å². The first-order chi connectivity index (χ1) is 17.4. The van der Waals surface area contributed by atoms with E-state index in [2.05, 4.69) is 55.6 Å². The van der Waals surface area contributed by atoms with E-state index >= 15 is 0 Å². The lowest BCUT2D eigenvalue weighted by atomic mass is 9.43. The van der Waals surface area contributed by atoms with Crippen molar-refractivity contribution < 1.29 is 23.6 Å². The van der Waals surface area contributed by atoms with Crippen molar-refractivity contribution in [1.82, 2.24) is 16.0 Å². The van der Waals surface area contributed by atoms with Crippen molar-refractivity contribution in [1.29, 1.82) is 0 Å². The summed E-state index contributed by atoms with van der Waals surface area (Å²) >= 11 is 0. The molecule has 11 heteroatoms. The number of guanidine groups is 1. The second-order valence-corrected chi connectivity index (χ2v) is 12.1. The highest BCUT2D eigenvalue weighted by Crippen LogP contribution is 2.65. The smallest absolute Gasteiger partial charge is 0.404 e. The van der Waals surface area contributed by atoms with Gasteiger partial charge in [-0.2, -0.15) is 0 Å². The molecule has 0 aromatic carbocycles. The van der Waals surface area contributed by atoms with E-state index in [1.54, 1.807) is 14.2 Å². The van der Waals surface area contributed by atoms with E-state index in [-0.39, 0.29) is 41.3 Å². The maximum atomic E-state index is 13.5. The Hall–Kier alpha value is -1.85. The number of amides is 2. The highest BCUT2D eigenvalue weighted by molar-refractivity contribution is 6.47. The first-order valence-electron chi connectivity index (χ1n) is 13.8. The second-order valence-electron chi connectivity index (χ2n) is 12.1. The molecular weight excluding hydrogens is 473 g/mol. The fourth-order valence-corrected chi connectivity index (χ4v) is 6.43. The molecule has 10 nitrogen and oxygen atoms in total. The minimum absolute atomic E-state index is 0.0437. The van der Waals surface area contributed by atoms with Crippen LogP contribution in [0.4, 0.5) is 0 Å². The van der Waals surface area contributed by atoms with E-state index in [1.165, 1.54) is 6.42 Å². The Morgan fingerprint density at radius 1 is 1.22 bits per heavy atom. The first kappa shape index (κ1) is 29.7. The second kappa shape index (κ2) is 12.3. The molecule has 4 aliphatic rings. The van der Waals surface area contributed by atoms with Crippen LogP contribution in [-0.2, 0) is 23.6 Å².